The van der Waals surface area contributed by atoms with Crippen molar-refractivity contribution in [2.24, 2.45) is 0 Å². The molecule has 0 spiro atoms. The molecule has 0 aromatic heterocycles. The highest BCUT2D eigenvalue weighted by Gasteiger charge is 2.10. The first-order valence-electron chi connectivity index (χ1n) is 6.73. The number of rotatable bonds is 6. The molecule has 2 rings (SSSR count). The number of halogens is 3. The number of hydrogen-bond donors (Lipinski definition) is 1. The van der Waals surface area contributed by atoms with Crippen molar-refractivity contribution in [2.45, 2.75) is 0 Å². The van der Waals surface area contributed by atoms with Gasteiger partial charge in [0.25, 0.3) is 5.91 Å². The van der Waals surface area contributed by atoms with E-state index in [1.165, 1.54) is 6.07 Å². The van der Waals surface area contributed by atoms with Gasteiger partial charge in [-0.1, -0.05) is 40.9 Å². The maximum absolute atomic E-state index is 11.7. The van der Waals surface area contributed by atoms with Gasteiger partial charge in [-0.2, -0.15) is 0 Å². The van der Waals surface area contributed by atoms with Gasteiger partial charge in [0.15, 0.2) is 13.2 Å². The summed E-state index contributed by atoms with van der Waals surface area (Å²) in [7, 11) is 0. The van der Waals surface area contributed by atoms with Crippen LogP contribution < -0.4 is 10.1 Å². The van der Waals surface area contributed by atoms with Crippen LogP contribution in [0.15, 0.2) is 42.5 Å². The fraction of sp³-hybridized carbons (Fsp3) is 0.125. The van der Waals surface area contributed by atoms with Gasteiger partial charge in [0.05, 0.1) is 10.7 Å². The molecule has 0 unspecified atom stereocenters. The van der Waals surface area contributed by atoms with Gasteiger partial charge in [-0.05, 0) is 36.4 Å². The predicted molar refractivity (Wildman–Crippen MR) is 93.0 cm³/mol. The molecule has 5 nitrogen and oxygen atoms in total. The molecule has 0 heterocycles. The summed E-state index contributed by atoms with van der Waals surface area (Å²) in [6, 6.07) is 11.2. The molecule has 0 aliphatic rings. The summed E-state index contributed by atoms with van der Waals surface area (Å²) in [5.74, 6) is -0.792. The molecule has 0 fully saturated rings. The number of anilines is 1. The van der Waals surface area contributed by atoms with Crippen molar-refractivity contribution in [1.82, 2.24) is 0 Å². The zero-order chi connectivity index (χ0) is 17.5. The van der Waals surface area contributed by atoms with Crippen LogP contribution in [-0.2, 0) is 14.3 Å². The van der Waals surface area contributed by atoms with Crippen LogP contribution in [0.25, 0.3) is 0 Å². The number of carbonyl (C=O) groups excluding carboxylic acids is 2. The highest BCUT2D eigenvalue weighted by atomic mass is 35.5. The fourth-order valence-corrected chi connectivity index (χ4v) is 2.30. The Hall–Kier alpha value is -1.95. The van der Waals surface area contributed by atoms with Crippen molar-refractivity contribution in [3.63, 3.8) is 0 Å². The van der Waals surface area contributed by atoms with Crippen LogP contribution in [0, 0.1) is 0 Å². The lowest BCUT2D eigenvalue weighted by molar-refractivity contribution is -0.149. The number of carbonyl (C=O) groups is 2. The van der Waals surface area contributed by atoms with Gasteiger partial charge in [-0.15, -0.1) is 0 Å². The van der Waals surface area contributed by atoms with Crippen LogP contribution in [0.1, 0.15) is 0 Å². The minimum Gasteiger partial charge on any atom is -0.482 e. The molecule has 0 saturated carbocycles. The van der Waals surface area contributed by atoms with Crippen molar-refractivity contribution in [3.05, 3.63) is 57.5 Å². The number of ether oxygens (including phenoxy) is 2. The normalized spacial score (nSPS) is 10.1. The summed E-state index contributed by atoms with van der Waals surface area (Å²) in [6.07, 6.45) is 0. The first kappa shape index (κ1) is 18.4. The van der Waals surface area contributed by atoms with Crippen LogP contribution in [0.4, 0.5) is 5.69 Å². The summed E-state index contributed by atoms with van der Waals surface area (Å²) >= 11 is 17.5. The third-order valence-electron chi connectivity index (χ3n) is 2.72. The Labute approximate surface area is 153 Å². The van der Waals surface area contributed by atoms with Crippen LogP contribution >= 0.6 is 34.8 Å². The molecule has 2 aromatic carbocycles. The Morgan fingerprint density at radius 3 is 2.42 bits per heavy atom. The average Bonchev–Trinajstić information content (AvgIpc) is 2.54. The van der Waals surface area contributed by atoms with Crippen molar-refractivity contribution in [2.75, 3.05) is 18.5 Å². The zero-order valence-electron chi connectivity index (χ0n) is 12.2. The topological polar surface area (TPSA) is 64.6 Å². The lowest BCUT2D eigenvalue weighted by atomic mass is 10.3. The van der Waals surface area contributed by atoms with E-state index in [9.17, 15) is 9.59 Å². The first-order chi connectivity index (χ1) is 11.4. The summed E-state index contributed by atoms with van der Waals surface area (Å²) in [4.78, 5) is 23.3. The number of benzene rings is 2. The maximum Gasteiger partial charge on any atom is 0.344 e. The third kappa shape index (κ3) is 5.92. The van der Waals surface area contributed by atoms with E-state index in [0.717, 1.165) is 0 Å². The average molecular weight is 389 g/mol. The molecule has 0 aliphatic heterocycles. The Morgan fingerprint density at radius 2 is 1.71 bits per heavy atom. The van der Waals surface area contributed by atoms with Gasteiger partial charge in [-0.3, -0.25) is 4.79 Å². The Bertz CT molecular complexity index is 752. The van der Waals surface area contributed by atoms with Gasteiger partial charge in [0, 0.05) is 10.0 Å². The maximum atomic E-state index is 11.7. The number of esters is 1. The smallest absolute Gasteiger partial charge is 0.344 e. The predicted octanol–water partition coefficient (Wildman–Crippen LogP) is 4.21. The van der Waals surface area contributed by atoms with Crippen LogP contribution in [0.2, 0.25) is 15.1 Å². The van der Waals surface area contributed by atoms with Gasteiger partial charge in [-0.25, -0.2) is 4.79 Å². The van der Waals surface area contributed by atoms with Gasteiger partial charge < -0.3 is 14.8 Å². The number of nitrogens with one attached hydrogen (secondary N) is 1. The van der Waals surface area contributed by atoms with Crippen molar-refractivity contribution < 1.29 is 19.1 Å². The zero-order valence-corrected chi connectivity index (χ0v) is 14.5. The monoisotopic (exact) mass is 387 g/mol. The summed E-state index contributed by atoms with van der Waals surface area (Å²) < 4.78 is 10.0. The Kier molecular flexibility index (Phi) is 6.73. The molecule has 8 heteroatoms. The highest BCUT2D eigenvalue weighted by molar-refractivity contribution is 6.36. The second-order valence-electron chi connectivity index (χ2n) is 4.58. The minimum absolute atomic E-state index is 0.284. The number of hydrogen-bond acceptors (Lipinski definition) is 4. The van der Waals surface area contributed by atoms with Crippen molar-refractivity contribution >= 4 is 52.4 Å². The minimum atomic E-state index is -0.688. The van der Waals surface area contributed by atoms with Crippen LogP contribution in [0.5, 0.6) is 5.75 Å². The molecule has 0 aliphatic carbocycles. The molecule has 0 saturated heterocycles. The second kappa shape index (κ2) is 8.78. The van der Waals surface area contributed by atoms with E-state index in [0.29, 0.717) is 21.5 Å². The number of amides is 1. The molecular formula is C16H12Cl3NO4. The largest absolute Gasteiger partial charge is 0.482 e. The van der Waals surface area contributed by atoms with E-state index in [1.54, 1.807) is 36.4 Å². The van der Waals surface area contributed by atoms with E-state index < -0.39 is 18.5 Å². The van der Waals surface area contributed by atoms with Crippen LogP contribution in [-0.4, -0.2) is 25.1 Å². The molecule has 24 heavy (non-hydrogen) atoms. The Morgan fingerprint density at radius 1 is 0.958 bits per heavy atom. The molecule has 2 aromatic rings. The first-order valence-corrected chi connectivity index (χ1v) is 7.86. The molecular weight excluding hydrogens is 377 g/mol. The summed E-state index contributed by atoms with van der Waals surface area (Å²) in [6.45, 7) is -0.800. The molecule has 1 N–H and O–H groups in total. The third-order valence-corrected chi connectivity index (χ3v) is 3.51. The van der Waals surface area contributed by atoms with Gasteiger partial charge >= 0.3 is 5.97 Å². The summed E-state index contributed by atoms with van der Waals surface area (Å²) in [5.41, 5.74) is 0.372. The highest BCUT2D eigenvalue weighted by Crippen LogP contribution is 2.25. The molecule has 0 bridgehead atoms. The lowest BCUT2D eigenvalue weighted by Crippen LogP contribution is -2.23. The van der Waals surface area contributed by atoms with Crippen molar-refractivity contribution in [1.29, 1.82) is 0 Å². The van der Waals surface area contributed by atoms with Gasteiger partial charge in [0.2, 0.25) is 0 Å². The lowest BCUT2D eigenvalue weighted by Gasteiger charge is -2.09. The molecule has 0 atom stereocenters. The van der Waals surface area contributed by atoms with E-state index in [1.807, 2.05) is 0 Å². The van der Waals surface area contributed by atoms with Crippen LogP contribution in [0.3, 0.4) is 0 Å². The second-order valence-corrected chi connectivity index (χ2v) is 5.86. The fourth-order valence-electron chi connectivity index (χ4n) is 1.66. The van der Waals surface area contributed by atoms with E-state index >= 15 is 0 Å². The molecule has 126 valence electrons. The van der Waals surface area contributed by atoms with Gasteiger partial charge in [0.1, 0.15) is 5.75 Å². The quantitative estimate of drug-likeness (QED) is 0.753. The molecule has 0 radical (unpaired) electrons. The SMILES string of the molecule is O=C(COC(=O)COc1cccc(Cl)c1)Nc1ccc(Cl)cc1Cl. The Balaban J connectivity index is 1.75. The standard InChI is InChI=1S/C16H12Cl3NO4/c17-10-2-1-3-12(6-10)23-9-16(22)24-8-15(21)20-14-5-4-11(18)7-13(14)19/h1-7H,8-9H2,(H,20,21). The van der Waals surface area contributed by atoms with Crippen molar-refractivity contribution in [3.8, 4) is 5.75 Å². The molecule has 1 amide bonds. The summed E-state index contributed by atoms with van der Waals surface area (Å²) in [5, 5.41) is 3.73. The van der Waals surface area contributed by atoms with E-state index in [4.69, 9.17) is 44.3 Å². The van der Waals surface area contributed by atoms with E-state index in [-0.39, 0.29) is 11.6 Å². The van der Waals surface area contributed by atoms with E-state index in [2.05, 4.69) is 5.32 Å².